The van der Waals surface area contributed by atoms with Gasteiger partial charge in [-0.25, -0.2) is 4.79 Å². The smallest absolute Gasteiger partial charge is 0.319 e. The van der Waals surface area contributed by atoms with Crippen molar-refractivity contribution in [2.24, 2.45) is 0 Å². The van der Waals surface area contributed by atoms with E-state index in [1.165, 1.54) is 23.0 Å². The second kappa shape index (κ2) is 17.0. The Kier molecular flexibility index (Phi) is 12.3. The average Bonchev–Trinajstić information content (AvgIpc) is 3.10. The van der Waals surface area contributed by atoms with E-state index >= 15 is 0 Å². The van der Waals surface area contributed by atoms with Crippen LogP contribution in [0.2, 0.25) is 0 Å². The number of ether oxygens (including phenoxy) is 2. The van der Waals surface area contributed by atoms with E-state index in [0.717, 1.165) is 0 Å². The summed E-state index contributed by atoms with van der Waals surface area (Å²) >= 11 is 0. The van der Waals surface area contributed by atoms with Gasteiger partial charge < -0.3 is 40.3 Å². The van der Waals surface area contributed by atoms with Gasteiger partial charge >= 0.3 is 12.0 Å². The van der Waals surface area contributed by atoms with E-state index in [9.17, 15) is 24.0 Å². The second-order valence-electron chi connectivity index (χ2n) is 10.8. The fourth-order valence-electron chi connectivity index (χ4n) is 4.84. The third kappa shape index (κ3) is 9.81. The van der Waals surface area contributed by atoms with Gasteiger partial charge in [-0.1, -0.05) is 60.7 Å². The highest BCUT2D eigenvalue weighted by Crippen LogP contribution is 2.31. The third-order valence-corrected chi connectivity index (χ3v) is 7.39. The number of aliphatic carboxylic acids is 1. The molecule has 0 unspecified atom stereocenters. The van der Waals surface area contributed by atoms with Crippen LogP contribution in [0.1, 0.15) is 11.1 Å². The Morgan fingerprint density at radius 1 is 0.653 bits per heavy atom. The summed E-state index contributed by atoms with van der Waals surface area (Å²) in [6, 6.07) is 26.9. The lowest BCUT2D eigenvalue weighted by Gasteiger charge is -2.21. The van der Waals surface area contributed by atoms with Gasteiger partial charge in [0.2, 0.25) is 11.8 Å². The molecule has 0 fully saturated rings. The quantitative estimate of drug-likeness (QED) is 0.154. The summed E-state index contributed by atoms with van der Waals surface area (Å²) < 4.78 is 11.3. The molecule has 13 heteroatoms. The van der Waals surface area contributed by atoms with Gasteiger partial charge in [-0.15, -0.1) is 0 Å². The fourth-order valence-corrected chi connectivity index (χ4v) is 4.84. The number of likely N-dealkylation sites (N-methyl/N-ethyl adjacent to an activating group) is 2. The van der Waals surface area contributed by atoms with Gasteiger partial charge in [0, 0.05) is 36.6 Å². The van der Waals surface area contributed by atoms with Gasteiger partial charge in [-0.3, -0.25) is 19.2 Å². The topological polar surface area (TPSA) is 167 Å². The molecule has 49 heavy (non-hydrogen) atoms. The Morgan fingerprint density at radius 3 is 1.73 bits per heavy atom. The Hall–Kier alpha value is -6.37. The molecule has 0 aliphatic carbocycles. The number of anilines is 4. The van der Waals surface area contributed by atoms with Crippen molar-refractivity contribution in [1.82, 2.24) is 5.32 Å². The molecule has 4 aromatic carbocycles. The van der Waals surface area contributed by atoms with Gasteiger partial charge in [-0.05, 0) is 36.4 Å². The number of para-hydroxylation sites is 4. The summed E-state index contributed by atoms with van der Waals surface area (Å²) in [7, 11) is 4.62. The number of carboxylic acids is 1. The predicted octanol–water partition coefficient (Wildman–Crippen LogP) is 4.33. The molecule has 4 rings (SSSR count). The van der Waals surface area contributed by atoms with Gasteiger partial charge in [0.05, 0.1) is 37.9 Å². The minimum atomic E-state index is -1.07. The van der Waals surface area contributed by atoms with Crippen molar-refractivity contribution < 1.29 is 38.6 Å². The van der Waals surface area contributed by atoms with Crippen LogP contribution in [0, 0.1) is 0 Å². The number of methoxy groups -OCH3 is 1. The zero-order valence-electron chi connectivity index (χ0n) is 27.3. The molecule has 0 aliphatic heterocycles. The van der Waals surface area contributed by atoms with Crippen LogP contribution < -0.4 is 35.2 Å². The van der Waals surface area contributed by atoms with Crippen molar-refractivity contribution in [3.05, 3.63) is 108 Å². The number of urea groups is 1. The molecule has 0 aromatic heterocycles. The molecule has 254 valence electrons. The van der Waals surface area contributed by atoms with E-state index in [0.29, 0.717) is 22.5 Å². The molecule has 0 aliphatic rings. The Balaban J connectivity index is 1.48. The highest BCUT2D eigenvalue weighted by molar-refractivity contribution is 6.00. The van der Waals surface area contributed by atoms with Crippen molar-refractivity contribution in [1.29, 1.82) is 0 Å². The fraction of sp³-hybridized carbons (Fsp3) is 0.194. The van der Waals surface area contributed by atoms with Gasteiger partial charge in [-0.2, -0.15) is 0 Å². The molecule has 5 amide bonds. The summed E-state index contributed by atoms with van der Waals surface area (Å²) in [5, 5.41) is 16.9. The van der Waals surface area contributed by atoms with E-state index < -0.39 is 31.1 Å². The first-order chi connectivity index (χ1) is 23.6. The number of carbonyl (C=O) groups excluding carboxylic acids is 4. The van der Waals surface area contributed by atoms with E-state index in [1.54, 1.807) is 80.8 Å². The van der Waals surface area contributed by atoms with Crippen LogP contribution in [0.5, 0.6) is 11.5 Å². The summed E-state index contributed by atoms with van der Waals surface area (Å²) in [5.41, 5.74) is 2.55. The molecular formula is C36H37N5O8. The molecule has 0 bridgehead atoms. The molecule has 0 heterocycles. The van der Waals surface area contributed by atoms with E-state index in [4.69, 9.17) is 14.6 Å². The van der Waals surface area contributed by atoms with Crippen LogP contribution in [0.4, 0.5) is 27.5 Å². The zero-order chi connectivity index (χ0) is 35.3. The van der Waals surface area contributed by atoms with Crippen molar-refractivity contribution in [3.8, 4) is 11.5 Å². The number of nitrogens with zero attached hydrogens (tertiary/aromatic N) is 2. The predicted molar refractivity (Wildman–Crippen MR) is 185 cm³/mol. The lowest BCUT2D eigenvalue weighted by molar-refractivity contribution is -0.136. The number of amides is 5. The lowest BCUT2D eigenvalue weighted by atomic mass is 10.1. The van der Waals surface area contributed by atoms with Crippen LogP contribution in [0.15, 0.2) is 97.1 Å². The molecule has 13 nitrogen and oxygen atoms in total. The molecule has 4 aromatic rings. The van der Waals surface area contributed by atoms with Crippen molar-refractivity contribution >= 4 is 52.5 Å². The number of carbonyl (C=O) groups is 5. The highest BCUT2D eigenvalue weighted by Gasteiger charge is 2.21. The first kappa shape index (κ1) is 35.5. The maximum absolute atomic E-state index is 13.3. The number of hydrogen-bond donors (Lipinski definition) is 4. The molecule has 0 spiro atoms. The summed E-state index contributed by atoms with van der Waals surface area (Å²) in [6.07, 6.45) is -0.412. The lowest BCUT2D eigenvalue weighted by Crippen LogP contribution is -2.36. The minimum Gasteiger partial charge on any atom is -0.494 e. The van der Waals surface area contributed by atoms with Crippen molar-refractivity contribution in [2.45, 2.75) is 12.8 Å². The minimum absolute atomic E-state index is 0.101. The maximum Gasteiger partial charge on any atom is 0.319 e. The monoisotopic (exact) mass is 667 g/mol. The van der Waals surface area contributed by atoms with Crippen LogP contribution in [0.3, 0.4) is 0 Å². The highest BCUT2D eigenvalue weighted by atomic mass is 16.5. The summed E-state index contributed by atoms with van der Waals surface area (Å²) in [5.74, 6) is -2.00. The van der Waals surface area contributed by atoms with Gasteiger partial charge in [0.1, 0.15) is 11.5 Å². The van der Waals surface area contributed by atoms with E-state index in [2.05, 4.69) is 16.0 Å². The normalized spacial score (nSPS) is 10.3. The molecule has 0 saturated carbocycles. The van der Waals surface area contributed by atoms with Crippen molar-refractivity contribution in [2.75, 3.05) is 54.8 Å². The Morgan fingerprint density at radius 2 is 1.18 bits per heavy atom. The summed E-state index contributed by atoms with van der Waals surface area (Å²) in [4.78, 5) is 66.2. The summed E-state index contributed by atoms with van der Waals surface area (Å²) in [6.45, 7) is -0.852. The van der Waals surface area contributed by atoms with E-state index in [1.807, 2.05) is 24.3 Å². The van der Waals surface area contributed by atoms with Crippen LogP contribution >= 0.6 is 0 Å². The first-order valence-corrected chi connectivity index (χ1v) is 15.2. The maximum atomic E-state index is 13.3. The van der Waals surface area contributed by atoms with Crippen LogP contribution in [-0.4, -0.2) is 69.2 Å². The Labute approximate surface area is 283 Å². The second-order valence-corrected chi connectivity index (χ2v) is 10.8. The number of hydrogen-bond acceptors (Lipinski definition) is 7. The number of benzene rings is 4. The standard InChI is InChI=1S/C36H37N5O8/c1-40(26-14-6-4-7-15-26)31(43)20-24-12-10-19-29(35(24)49-23-32(44)41(2)27-16-8-5-9-17-27)38-30(42)22-37-36(47)39-28-18-11-13-25(21-33(45)46)34(28)48-3/h4-19H,20-23H2,1-3H3,(H,38,42)(H,45,46)(H2,37,39,47). The number of nitrogens with one attached hydrogen (secondary N) is 3. The van der Waals surface area contributed by atoms with Gasteiger partial charge in [0.25, 0.3) is 5.91 Å². The zero-order valence-corrected chi connectivity index (χ0v) is 27.3. The molecule has 4 N–H and O–H groups in total. The third-order valence-electron chi connectivity index (χ3n) is 7.39. The average molecular weight is 668 g/mol. The van der Waals surface area contributed by atoms with Gasteiger partial charge in [0.15, 0.2) is 6.61 Å². The van der Waals surface area contributed by atoms with Crippen LogP contribution in [0.25, 0.3) is 0 Å². The molecular weight excluding hydrogens is 630 g/mol. The largest absolute Gasteiger partial charge is 0.494 e. The Bertz CT molecular complexity index is 1800. The van der Waals surface area contributed by atoms with E-state index in [-0.39, 0.29) is 47.5 Å². The number of carboxylic acid groups (broad SMARTS) is 1. The first-order valence-electron chi connectivity index (χ1n) is 15.2. The number of rotatable bonds is 14. The SMILES string of the molecule is COc1c(CC(=O)O)cccc1NC(=O)NCC(=O)Nc1cccc(CC(=O)N(C)c2ccccc2)c1OCC(=O)N(C)c1ccccc1. The molecule has 0 saturated heterocycles. The molecule has 0 radical (unpaired) electrons. The van der Waals surface area contributed by atoms with Crippen LogP contribution in [-0.2, 0) is 32.0 Å². The van der Waals surface area contributed by atoms with Crippen molar-refractivity contribution in [3.63, 3.8) is 0 Å². The molecule has 0 atom stereocenters.